The molecular weight excluding hydrogens is 143 g/mol. The number of aryl methyl sites for hydroxylation is 2. The molecule has 0 aliphatic rings. The van der Waals surface area contributed by atoms with Crippen LogP contribution in [0, 0.1) is 0 Å². The van der Waals surface area contributed by atoms with Gasteiger partial charge in [-0.3, -0.25) is 0 Å². The van der Waals surface area contributed by atoms with Crippen molar-refractivity contribution in [3.8, 4) is 0 Å². The molecule has 1 aromatic heterocycles. The van der Waals surface area contributed by atoms with Gasteiger partial charge in [0, 0.05) is 0 Å². The zero-order valence-electron chi connectivity index (χ0n) is 8.35. The fourth-order valence-corrected chi connectivity index (χ4v) is 1.80. The summed E-state index contributed by atoms with van der Waals surface area (Å²) >= 11 is 0. The Kier molecular flexibility index (Phi) is 3.52. The van der Waals surface area contributed by atoms with Crippen LogP contribution in [0.5, 0.6) is 0 Å². The Bertz CT molecular complexity index is 231. The second-order valence-corrected chi connectivity index (χ2v) is 3.12. The molecule has 0 bridgehead atoms. The van der Waals surface area contributed by atoms with Crippen molar-refractivity contribution in [1.82, 2.24) is 0 Å². The van der Waals surface area contributed by atoms with E-state index in [9.17, 15) is 0 Å². The van der Waals surface area contributed by atoms with Crippen LogP contribution in [0.4, 0.5) is 0 Å². The molecule has 0 aliphatic carbocycles. The molecule has 0 spiro atoms. The van der Waals surface area contributed by atoms with E-state index in [1.807, 2.05) is 0 Å². The van der Waals surface area contributed by atoms with Crippen LogP contribution in [-0.4, -0.2) is 6.91 Å². The van der Waals surface area contributed by atoms with Gasteiger partial charge in [-0.25, -0.2) is 0 Å². The van der Waals surface area contributed by atoms with E-state index >= 15 is 0 Å². The molecule has 0 amide bonds. The molecule has 1 heterocycles. The summed E-state index contributed by atoms with van der Waals surface area (Å²) in [4.78, 5) is 0. The van der Waals surface area contributed by atoms with Crippen molar-refractivity contribution in [2.75, 3.05) is 0 Å². The van der Waals surface area contributed by atoms with Crippen LogP contribution in [0.25, 0.3) is 0 Å². The van der Waals surface area contributed by atoms with Crippen molar-refractivity contribution in [2.24, 2.45) is 0 Å². The molecule has 12 heavy (non-hydrogen) atoms. The van der Waals surface area contributed by atoms with Gasteiger partial charge in [0.2, 0.25) is 0 Å². The van der Waals surface area contributed by atoms with E-state index in [-0.39, 0.29) is 0 Å². The monoisotopic (exact) mass is 160 g/mol. The summed E-state index contributed by atoms with van der Waals surface area (Å²) in [6.07, 6.45) is 3.50. The normalized spacial score (nSPS) is 9.92. The summed E-state index contributed by atoms with van der Waals surface area (Å²) in [6, 6.07) is 2.25. The molecule has 0 aromatic carbocycles. The Labute approximate surface area is 76.2 Å². The maximum absolute atomic E-state index is 2.25. The topological polar surface area (TPSA) is 0 Å². The first-order valence-electron chi connectivity index (χ1n) is 4.93. The number of hydrogen-bond donors (Lipinski definition) is 0. The molecule has 0 aliphatic heterocycles. The van der Waals surface area contributed by atoms with Crippen LogP contribution < -0.4 is 0 Å². The third kappa shape index (κ3) is 1.77. The van der Waals surface area contributed by atoms with Crippen molar-refractivity contribution < 1.29 is 0 Å². The molecule has 1 heteroatoms. The minimum absolute atomic E-state index is 1.16. The summed E-state index contributed by atoms with van der Waals surface area (Å²) in [5.74, 6) is 2.18. The van der Waals surface area contributed by atoms with Crippen LogP contribution in [0.3, 0.4) is 0 Å². The fraction of sp³-hybridized carbons (Fsp3) is 0.545. The van der Waals surface area contributed by atoms with Gasteiger partial charge in [-0.05, 0) is 0 Å². The van der Waals surface area contributed by atoms with Gasteiger partial charge >= 0.3 is 75.6 Å². The molecule has 1 aromatic rings. The van der Waals surface area contributed by atoms with Crippen molar-refractivity contribution >= 4 is 6.91 Å². The van der Waals surface area contributed by atoms with Crippen molar-refractivity contribution in [1.29, 1.82) is 0 Å². The van der Waals surface area contributed by atoms with Crippen LogP contribution in [0.15, 0.2) is 12.0 Å². The first-order valence-corrected chi connectivity index (χ1v) is 4.93. The standard InChI is InChI=1S/C11H17B/c1-4-9-7-8-12-11(6-3)10(9)5-2/h7-8H,4-6H2,1-3H3. The SMILES string of the molecule is CCc1bccc(CC)c1CC. The summed E-state index contributed by atoms with van der Waals surface area (Å²) in [5.41, 5.74) is 4.62. The fourth-order valence-electron chi connectivity index (χ4n) is 1.80. The molecule has 0 atom stereocenters. The van der Waals surface area contributed by atoms with Crippen molar-refractivity contribution in [3.05, 3.63) is 28.6 Å². The zero-order chi connectivity index (χ0) is 8.97. The maximum atomic E-state index is 2.25. The Balaban J connectivity index is 3.13. The van der Waals surface area contributed by atoms with Gasteiger partial charge in [0.1, 0.15) is 0 Å². The van der Waals surface area contributed by atoms with Gasteiger partial charge < -0.3 is 0 Å². The van der Waals surface area contributed by atoms with Crippen molar-refractivity contribution in [3.63, 3.8) is 0 Å². The summed E-state index contributed by atoms with van der Waals surface area (Å²) < 4.78 is 0. The van der Waals surface area contributed by atoms with Gasteiger partial charge in [0.25, 0.3) is 0 Å². The van der Waals surface area contributed by atoms with Gasteiger partial charge in [-0.2, -0.15) is 0 Å². The minimum atomic E-state index is 1.16. The van der Waals surface area contributed by atoms with E-state index in [0.717, 1.165) is 12.8 Å². The molecule has 0 saturated heterocycles. The Hall–Kier alpha value is -0.585. The molecule has 64 valence electrons. The number of hydrogen-bond acceptors (Lipinski definition) is 0. The molecule has 1 rings (SSSR count). The van der Waals surface area contributed by atoms with E-state index in [1.54, 1.807) is 5.56 Å². The molecule has 0 unspecified atom stereocenters. The second-order valence-electron chi connectivity index (χ2n) is 3.12. The quantitative estimate of drug-likeness (QED) is 0.637. The first kappa shape index (κ1) is 9.50. The van der Waals surface area contributed by atoms with Gasteiger partial charge in [-0.15, -0.1) is 0 Å². The number of rotatable bonds is 3. The van der Waals surface area contributed by atoms with Gasteiger partial charge in [-0.1, -0.05) is 0 Å². The average molecular weight is 160 g/mol. The Morgan fingerprint density at radius 3 is 2.33 bits per heavy atom. The summed E-state index contributed by atoms with van der Waals surface area (Å²) in [5, 5.41) is 0. The molecule has 0 saturated carbocycles. The summed E-state index contributed by atoms with van der Waals surface area (Å²) in [6.45, 7) is 8.95. The third-order valence-corrected chi connectivity index (χ3v) is 2.49. The molecule has 0 fully saturated rings. The Morgan fingerprint density at radius 2 is 1.83 bits per heavy atom. The zero-order valence-corrected chi connectivity index (χ0v) is 8.35. The van der Waals surface area contributed by atoms with E-state index in [1.165, 1.54) is 17.4 Å². The van der Waals surface area contributed by atoms with Crippen LogP contribution >= 0.6 is 0 Å². The van der Waals surface area contributed by atoms with Gasteiger partial charge in [0.15, 0.2) is 0 Å². The predicted octanol–water partition coefficient (Wildman–Crippen LogP) is 2.71. The molecule has 0 N–H and O–H groups in total. The molecular formula is C11H17B. The third-order valence-electron chi connectivity index (χ3n) is 2.49. The average Bonchev–Trinajstić information content (AvgIpc) is 2.16. The van der Waals surface area contributed by atoms with Gasteiger partial charge in [0.05, 0.1) is 0 Å². The van der Waals surface area contributed by atoms with E-state index in [4.69, 9.17) is 0 Å². The first-order chi connectivity index (χ1) is 5.83. The van der Waals surface area contributed by atoms with E-state index < -0.39 is 0 Å². The summed E-state index contributed by atoms with van der Waals surface area (Å²) in [7, 11) is 0. The van der Waals surface area contributed by atoms with Crippen LogP contribution in [0.2, 0.25) is 0 Å². The van der Waals surface area contributed by atoms with Crippen LogP contribution in [-0.2, 0) is 19.3 Å². The molecule has 0 nitrogen and oxygen atoms in total. The second kappa shape index (κ2) is 4.44. The van der Waals surface area contributed by atoms with E-state index in [0.29, 0.717) is 0 Å². The predicted molar refractivity (Wildman–Crippen MR) is 55.9 cm³/mol. The van der Waals surface area contributed by atoms with Crippen LogP contribution in [0.1, 0.15) is 37.4 Å². The van der Waals surface area contributed by atoms with Crippen molar-refractivity contribution in [2.45, 2.75) is 40.0 Å². The van der Waals surface area contributed by atoms with E-state index in [2.05, 4.69) is 39.7 Å². The molecule has 0 radical (unpaired) electrons. The Morgan fingerprint density at radius 1 is 1.08 bits per heavy atom.